The summed E-state index contributed by atoms with van der Waals surface area (Å²) >= 11 is 0. The molecule has 2 heterocycles. The summed E-state index contributed by atoms with van der Waals surface area (Å²) < 4.78 is 2.27. The second-order valence-electron chi connectivity index (χ2n) is 7.65. The van der Waals surface area contributed by atoms with Crippen molar-refractivity contribution in [3.8, 4) is 11.4 Å². The first-order valence-corrected chi connectivity index (χ1v) is 10.1. The molecule has 4 rings (SSSR count). The van der Waals surface area contributed by atoms with Crippen LogP contribution in [-0.2, 0) is 19.5 Å². The quantitative estimate of drug-likeness (QED) is 0.655. The molecule has 28 heavy (non-hydrogen) atoms. The zero-order valence-electron chi connectivity index (χ0n) is 16.7. The maximum absolute atomic E-state index is 13.3. The minimum absolute atomic E-state index is 0.0103. The van der Waals surface area contributed by atoms with Crippen LogP contribution >= 0.6 is 0 Å². The first-order chi connectivity index (χ1) is 13.6. The van der Waals surface area contributed by atoms with Gasteiger partial charge in [0.2, 0.25) is 0 Å². The third kappa shape index (κ3) is 3.59. The lowest BCUT2D eigenvalue weighted by Gasteiger charge is -2.18. The molecule has 0 N–H and O–H groups in total. The normalized spacial score (nSPS) is 13.6. The summed E-state index contributed by atoms with van der Waals surface area (Å²) in [5, 5.41) is 0. The third-order valence-corrected chi connectivity index (χ3v) is 5.62. The van der Waals surface area contributed by atoms with Crippen LogP contribution in [0.25, 0.3) is 11.4 Å². The first kappa shape index (κ1) is 18.5. The molecule has 0 spiro atoms. The van der Waals surface area contributed by atoms with Crippen LogP contribution in [0.2, 0.25) is 0 Å². The molecule has 1 aliphatic rings. The lowest BCUT2D eigenvalue weighted by atomic mass is 10.1. The molecule has 1 aliphatic heterocycles. The number of hydrogen-bond donors (Lipinski definition) is 0. The van der Waals surface area contributed by atoms with E-state index in [0.29, 0.717) is 12.2 Å². The predicted molar refractivity (Wildman–Crippen MR) is 112 cm³/mol. The Morgan fingerprint density at radius 3 is 2.57 bits per heavy atom. The molecule has 3 aromatic rings. The van der Waals surface area contributed by atoms with Gasteiger partial charge in [-0.15, -0.1) is 0 Å². The lowest BCUT2D eigenvalue weighted by molar-refractivity contribution is 0.0778. The Hall–Kier alpha value is -2.88. The van der Waals surface area contributed by atoms with E-state index in [1.165, 1.54) is 17.5 Å². The number of aryl methyl sites for hydroxylation is 1. The Labute approximate surface area is 166 Å². The fraction of sp³-hybridized carbons (Fsp3) is 0.333. The molecule has 0 atom stereocenters. The third-order valence-electron chi connectivity index (χ3n) is 5.62. The molecule has 0 aliphatic carbocycles. The van der Waals surface area contributed by atoms with E-state index >= 15 is 0 Å². The molecular weight excluding hydrogens is 346 g/mol. The van der Waals surface area contributed by atoms with Crippen molar-refractivity contribution in [2.24, 2.45) is 0 Å². The van der Waals surface area contributed by atoms with Gasteiger partial charge in [0.15, 0.2) is 0 Å². The van der Waals surface area contributed by atoms with Gasteiger partial charge in [0.1, 0.15) is 11.5 Å². The Morgan fingerprint density at radius 2 is 1.79 bits per heavy atom. The van der Waals surface area contributed by atoms with Gasteiger partial charge in [0.05, 0.1) is 5.69 Å². The fourth-order valence-corrected chi connectivity index (χ4v) is 3.99. The minimum atomic E-state index is 0.0103. The second-order valence-corrected chi connectivity index (χ2v) is 7.65. The van der Waals surface area contributed by atoms with E-state index in [1.54, 1.807) is 4.90 Å². The lowest BCUT2D eigenvalue weighted by Crippen LogP contribution is -2.28. The van der Waals surface area contributed by atoms with Crippen molar-refractivity contribution < 1.29 is 4.79 Å². The molecule has 1 aromatic heterocycles. The second kappa shape index (κ2) is 8.01. The van der Waals surface area contributed by atoms with Gasteiger partial charge in [-0.25, -0.2) is 4.98 Å². The van der Waals surface area contributed by atoms with Crippen LogP contribution in [0.15, 0.2) is 54.6 Å². The van der Waals surface area contributed by atoms with E-state index in [0.717, 1.165) is 42.9 Å². The molecule has 1 amide bonds. The fourth-order valence-electron chi connectivity index (χ4n) is 3.99. The standard InChI is InChI=1S/C24H27N3O/c1-18-11-8-9-14-20(18)17-26(2)24(28)22-21-15-7-4-10-16-27(21)23(25-22)19-12-5-3-6-13-19/h3,5-6,8-9,11-14H,4,7,10,15-17H2,1-2H3. The molecule has 0 unspecified atom stereocenters. The molecule has 144 valence electrons. The van der Waals surface area contributed by atoms with Crippen LogP contribution in [0, 0.1) is 6.92 Å². The summed E-state index contributed by atoms with van der Waals surface area (Å²) in [6.45, 7) is 3.61. The van der Waals surface area contributed by atoms with E-state index in [1.807, 2.05) is 37.4 Å². The monoisotopic (exact) mass is 373 g/mol. The minimum Gasteiger partial charge on any atom is -0.336 e. The van der Waals surface area contributed by atoms with Gasteiger partial charge in [-0.05, 0) is 37.3 Å². The van der Waals surface area contributed by atoms with Gasteiger partial charge >= 0.3 is 0 Å². The summed E-state index contributed by atoms with van der Waals surface area (Å²) in [7, 11) is 1.87. The van der Waals surface area contributed by atoms with Gasteiger partial charge in [-0.2, -0.15) is 0 Å². The van der Waals surface area contributed by atoms with E-state index in [4.69, 9.17) is 4.98 Å². The number of benzene rings is 2. The van der Waals surface area contributed by atoms with Crippen LogP contribution in [0.1, 0.15) is 46.6 Å². The van der Waals surface area contributed by atoms with Crippen LogP contribution < -0.4 is 0 Å². The zero-order valence-corrected chi connectivity index (χ0v) is 16.7. The van der Waals surface area contributed by atoms with E-state index in [9.17, 15) is 4.79 Å². The molecule has 0 saturated carbocycles. The highest BCUT2D eigenvalue weighted by atomic mass is 16.2. The molecule has 0 fully saturated rings. The number of aromatic nitrogens is 2. The van der Waals surface area contributed by atoms with E-state index < -0.39 is 0 Å². The highest BCUT2D eigenvalue weighted by Crippen LogP contribution is 2.28. The molecule has 0 saturated heterocycles. The summed E-state index contributed by atoms with van der Waals surface area (Å²) in [4.78, 5) is 20.0. The van der Waals surface area contributed by atoms with Crippen LogP contribution in [0.3, 0.4) is 0 Å². The van der Waals surface area contributed by atoms with E-state index in [-0.39, 0.29) is 5.91 Å². The molecule has 0 radical (unpaired) electrons. The van der Waals surface area contributed by atoms with Gasteiger partial charge in [-0.1, -0.05) is 61.0 Å². The number of hydrogen-bond acceptors (Lipinski definition) is 2. The Balaban J connectivity index is 1.69. The summed E-state index contributed by atoms with van der Waals surface area (Å²) in [6.07, 6.45) is 4.36. The van der Waals surface area contributed by atoms with Gasteiger partial charge in [0, 0.05) is 25.7 Å². The summed E-state index contributed by atoms with van der Waals surface area (Å²) in [5.41, 5.74) is 5.17. The van der Waals surface area contributed by atoms with Crippen LogP contribution in [0.5, 0.6) is 0 Å². The highest BCUT2D eigenvalue weighted by molar-refractivity contribution is 5.94. The average Bonchev–Trinajstić information content (AvgIpc) is 2.90. The number of amides is 1. The maximum Gasteiger partial charge on any atom is 0.274 e. The van der Waals surface area contributed by atoms with Crippen molar-refractivity contribution in [2.45, 2.75) is 45.7 Å². The molecule has 4 nitrogen and oxygen atoms in total. The SMILES string of the molecule is Cc1ccccc1CN(C)C(=O)c1nc(-c2ccccc2)n2c1CCCCC2. The number of fused-ring (bicyclic) bond motifs is 1. The van der Waals surface area contributed by atoms with Gasteiger partial charge in [-0.3, -0.25) is 4.79 Å². The Morgan fingerprint density at radius 1 is 1.04 bits per heavy atom. The average molecular weight is 374 g/mol. The predicted octanol–water partition coefficient (Wildman–Crippen LogP) is 4.86. The number of rotatable bonds is 4. The first-order valence-electron chi connectivity index (χ1n) is 10.1. The van der Waals surface area contributed by atoms with Crippen molar-refractivity contribution >= 4 is 5.91 Å². The van der Waals surface area contributed by atoms with Crippen molar-refractivity contribution in [1.29, 1.82) is 0 Å². The molecule has 0 bridgehead atoms. The summed E-state index contributed by atoms with van der Waals surface area (Å²) in [5.74, 6) is 0.932. The van der Waals surface area contributed by atoms with Gasteiger partial charge < -0.3 is 9.47 Å². The van der Waals surface area contributed by atoms with Crippen molar-refractivity contribution in [1.82, 2.24) is 14.5 Å². The number of nitrogens with zero attached hydrogens (tertiary/aromatic N) is 3. The van der Waals surface area contributed by atoms with Crippen molar-refractivity contribution in [2.75, 3.05) is 7.05 Å². The topological polar surface area (TPSA) is 38.1 Å². The number of carbonyl (C=O) groups excluding carboxylic acids is 1. The van der Waals surface area contributed by atoms with Crippen molar-refractivity contribution in [3.05, 3.63) is 77.1 Å². The zero-order chi connectivity index (χ0) is 19.5. The Bertz CT molecular complexity index is 975. The Kier molecular flexibility index (Phi) is 5.29. The number of carbonyl (C=O) groups is 1. The molecule has 2 aromatic carbocycles. The molecule has 4 heteroatoms. The van der Waals surface area contributed by atoms with Crippen LogP contribution in [0.4, 0.5) is 0 Å². The summed E-state index contributed by atoms with van der Waals surface area (Å²) in [6, 6.07) is 18.4. The van der Waals surface area contributed by atoms with Crippen LogP contribution in [-0.4, -0.2) is 27.4 Å². The maximum atomic E-state index is 13.3. The smallest absolute Gasteiger partial charge is 0.274 e. The van der Waals surface area contributed by atoms with Gasteiger partial charge in [0.25, 0.3) is 5.91 Å². The van der Waals surface area contributed by atoms with Crippen molar-refractivity contribution in [3.63, 3.8) is 0 Å². The molecular formula is C24H27N3O. The largest absolute Gasteiger partial charge is 0.336 e. The highest BCUT2D eigenvalue weighted by Gasteiger charge is 2.26. The number of imidazole rings is 1. The van der Waals surface area contributed by atoms with E-state index in [2.05, 4.69) is 35.8 Å².